The maximum absolute atomic E-state index is 11.2. The molecule has 0 spiro atoms. The van der Waals surface area contributed by atoms with E-state index in [1.165, 1.54) is 6.42 Å². The van der Waals surface area contributed by atoms with E-state index in [-0.39, 0.29) is 6.10 Å². The number of carbonyl (C=O) groups is 1. The largest absolute Gasteiger partial charge is 0.545 e. The van der Waals surface area contributed by atoms with Gasteiger partial charge in [-0.3, -0.25) is 0 Å². The predicted molar refractivity (Wildman–Crippen MR) is 35.5 cm³/mol. The first kappa shape index (κ1) is 8.30. The first-order chi connectivity index (χ1) is 5.33. The molecule has 11 heavy (non-hydrogen) atoms. The summed E-state index contributed by atoms with van der Waals surface area (Å²) in [4.78, 5) is 13.2. The van der Waals surface area contributed by atoms with Crippen molar-refractivity contribution in [1.29, 1.82) is 0 Å². The Balaban J connectivity index is 2.19. The summed E-state index contributed by atoms with van der Waals surface area (Å²) >= 11 is 0. The van der Waals surface area contributed by atoms with Crippen molar-refractivity contribution in [2.45, 2.75) is 38.2 Å². The molecule has 0 aliphatic heterocycles. The van der Waals surface area contributed by atoms with Gasteiger partial charge in [0.25, 0.3) is 0 Å². The van der Waals surface area contributed by atoms with Crippen LogP contribution < -0.4 is 0 Å². The summed E-state index contributed by atoms with van der Waals surface area (Å²) in [7, 11) is 0. The highest BCUT2D eigenvalue weighted by Gasteiger charge is 2.18. The van der Waals surface area contributed by atoms with E-state index < -0.39 is 6.16 Å². The van der Waals surface area contributed by atoms with Gasteiger partial charge in [-0.25, -0.2) is 9.74 Å². The van der Waals surface area contributed by atoms with Crippen molar-refractivity contribution < 1.29 is 19.0 Å². The van der Waals surface area contributed by atoms with Crippen molar-refractivity contribution in [3.05, 3.63) is 0 Å². The fourth-order valence-electron chi connectivity index (χ4n) is 1.34. The first-order valence-corrected chi connectivity index (χ1v) is 3.82. The quantitative estimate of drug-likeness (QED) is 0.555. The Morgan fingerprint density at radius 2 is 1.91 bits per heavy atom. The average Bonchev–Trinajstić information content (AvgIpc) is 2.06. The molecule has 0 aromatic rings. The van der Waals surface area contributed by atoms with Crippen LogP contribution in [-0.4, -0.2) is 12.3 Å². The minimum absolute atomic E-state index is 0.132. The van der Waals surface area contributed by atoms with Crippen LogP contribution in [0.3, 0.4) is 0 Å². The molecule has 1 aliphatic carbocycles. The van der Waals surface area contributed by atoms with E-state index in [9.17, 15) is 9.32 Å². The summed E-state index contributed by atoms with van der Waals surface area (Å²) in [6.07, 6.45) is 3.58. The van der Waals surface area contributed by atoms with Crippen LogP contribution >= 0.6 is 0 Å². The molecule has 0 aromatic carbocycles. The lowest BCUT2D eigenvalue weighted by Gasteiger charge is -2.19. The van der Waals surface area contributed by atoms with Crippen LogP contribution in [0.2, 0.25) is 0 Å². The highest BCUT2D eigenvalue weighted by atomic mass is 19.3. The highest BCUT2D eigenvalue weighted by Crippen LogP contribution is 2.20. The normalized spacial score (nSPS) is 19.4. The lowest BCUT2D eigenvalue weighted by atomic mass is 9.98. The van der Waals surface area contributed by atoms with Crippen LogP contribution in [0, 0.1) is 0 Å². The van der Waals surface area contributed by atoms with E-state index >= 15 is 0 Å². The van der Waals surface area contributed by atoms with Gasteiger partial charge < -0.3 is 4.74 Å². The smallest absolute Gasteiger partial charge is 0.429 e. The number of ether oxygens (including phenoxy) is 1. The maximum atomic E-state index is 11.2. The number of hydrogen-bond donors (Lipinski definition) is 0. The third-order valence-corrected chi connectivity index (χ3v) is 1.88. The molecule has 0 radical (unpaired) electrons. The SMILES string of the molecule is O=C(OF)OC1CCCCC1. The Morgan fingerprint density at radius 1 is 1.27 bits per heavy atom. The molecule has 1 rings (SSSR count). The molecule has 0 amide bonds. The van der Waals surface area contributed by atoms with Crippen LogP contribution in [0.5, 0.6) is 0 Å². The van der Waals surface area contributed by atoms with Gasteiger partial charge in [0.2, 0.25) is 0 Å². The Bertz CT molecular complexity index is 132. The summed E-state index contributed by atoms with van der Waals surface area (Å²) in [5.41, 5.74) is 0. The van der Waals surface area contributed by atoms with Gasteiger partial charge in [-0.15, -0.1) is 0 Å². The minimum atomic E-state index is -1.21. The monoisotopic (exact) mass is 162 g/mol. The number of halogens is 1. The van der Waals surface area contributed by atoms with Gasteiger partial charge in [0.15, 0.2) is 0 Å². The van der Waals surface area contributed by atoms with Crippen LogP contribution in [0.15, 0.2) is 0 Å². The second-order valence-electron chi connectivity index (χ2n) is 2.71. The molecule has 0 saturated heterocycles. The Morgan fingerprint density at radius 3 is 2.45 bits per heavy atom. The maximum Gasteiger partial charge on any atom is 0.545 e. The second kappa shape index (κ2) is 4.16. The van der Waals surface area contributed by atoms with Crippen molar-refractivity contribution in [3.63, 3.8) is 0 Å². The minimum Gasteiger partial charge on any atom is -0.429 e. The van der Waals surface area contributed by atoms with E-state index in [1.54, 1.807) is 0 Å². The van der Waals surface area contributed by atoms with Crippen LogP contribution in [0.25, 0.3) is 0 Å². The molecule has 0 heterocycles. The van der Waals surface area contributed by atoms with Gasteiger partial charge in [-0.2, -0.15) is 0 Å². The van der Waals surface area contributed by atoms with E-state index in [0.29, 0.717) is 0 Å². The van der Waals surface area contributed by atoms with Crippen molar-refractivity contribution in [2.75, 3.05) is 0 Å². The topological polar surface area (TPSA) is 35.5 Å². The van der Waals surface area contributed by atoms with Gasteiger partial charge in [0.05, 0.1) is 0 Å². The van der Waals surface area contributed by atoms with E-state index in [2.05, 4.69) is 9.68 Å². The van der Waals surface area contributed by atoms with Gasteiger partial charge in [0, 0.05) is 4.53 Å². The van der Waals surface area contributed by atoms with Gasteiger partial charge in [-0.05, 0) is 25.7 Å². The van der Waals surface area contributed by atoms with Crippen LogP contribution in [0.1, 0.15) is 32.1 Å². The van der Waals surface area contributed by atoms with Gasteiger partial charge in [-0.1, -0.05) is 6.42 Å². The third-order valence-electron chi connectivity index (χ3n) is 1.88. The van der Waals surface area contributed by atoms with Crippen molar-refractivity contribution >= 4 is 6.16 Å². The van der Waals surface area contributed by atoms with E-state index in [0.717, 1.165) is 25.7 Å². The molecule has 0 atom stereocenters. The predicted octanol–water partition coefficient (Wildman–Crippen LogP) is 2.36. The fraction of sp³-hybridized carbons (Fsp3) is 0.857. The lowest BCUT2D eigenvalue weighted by Crippen LogP contribution is -2.19. The first-order valence-electron chi connectivity index (χ1n) is 3.82. The second-order valence-corrected chi connectivity index (χ2v) is 2.71. The summed E-state index contributed by atoms with van der Waals surface area (Å²) in [5, 5.41) is 0. The van der Waals surface area contributed by atoms with E-state index in [4.69, 9.17) is 0 Å². The number of hydrogen-bond acceptors (Lipinski definition) is 3. The molecule has 0 unspecified atom stereocenters. The molecule has 3 nitrogen and oxygen atoms in total. The summed E-state index contributed by atoms with van der Waals surface area (Å²) in [6.45, 7) is 0. The molecule has 0 N–H and O–H groups in total. The van der Waals surface area contributed by atoms with Crippen molar-refractivity contribution in [1.82, 2.24) is 0 Å². The van der Waals surface area contributed by atoms with Crippen molar-refractivity contribution in [2.24, 2.45) is 0 Å². The lowest BCUT2D eigenvalue weighted by molar-refractivity contribution is -0.113. The van der Waals surface area contributed by atoms with Gasteiger partial charge in [0.1, 0.15) is 6.10 Å². The van der Waals surface area contributed by atoms with Gasteiger partial charge >= 0.3 is 6.16 Å². The standard InChI is InChI=1S/C7H11FO3/c8-11-7(9)10-6-4-2-1-3-5-6/h6H,1-5H2. The Labute approximate surface area is 64.4 Å². The van der Waals surface area contributed by atoms with Crippen molar-refractivity contribution in [3.8, 4) is 0 Å². The highest BCUT2D eigenvalue weighted by molar-refractivity contribution is 5.59. The zero-order valence-corrected chi connectivity index (χ0v) is 6.22. The summed E-state index contributed by atoms with van der Waals surface area (Å²) in [6, 6.07) is 0. The molecular weight excluding hydrogens is 151 g/mol. The molecule has 4 heteroatoms. The molecule has 64 valence electrons. The number of rotatable bonds is 1. The van der Waals surface area contributed by atoms with Crippen LogP contribution in [-0.2, 0) is 9.68 Å². The van der Waals surface area contributed by atoms with E-state index in [1.807, 2.05) is 0 Å². The Kier molecular flexibility index (Phi) is 3.14. The molecule has 0 bridgehead atoms. The third kappa shape index (κ3) is 2.74. The zero-order chi connectivity index (χ0) is 8.10. The Hall–Kier alpha value is -0.800. The fourth-order valence-corrected chi connectivity index (χ4v) is 1.34. The molecule has 0 aromatic heterocycles. The number of carbonyl (C=O) groups excluding carboxylic acids is 1. The molecule has 1 saturated carbocycles. The molecule has 1 aliphatic rings. The van der Waals surface area contributed by atoms with Crippen LogP contribution in [0.4, 0.5) is 9.32 Å². The summed E-state index contributed by atoms with van der Waals surface area (Å²) in [5.74, 6) is 0. The summed E-state index contributed by atoms with van der Waals surface area (Å²) < 4.78 is 15.8. The molecular formula is C7H11FO3. The zero-order valence-electron chi connectivity index (χ0n) is 6.22. The average molecular weight is 162 g/mol. The molecule has 1 fully saturated rings.